The number of rotatable bonds is 9. The maximum atomic E-state index is 12.0. The molecule has 1 saturated heterocycles. The van der Waals surface area contributed by atoms with Crippen LogP contribution in [0.25, 0.3) is 0 Å². The first kappa shape index (κ1) is 22.0. The Hall–Kier alpha value is -2.65. The predicted octanol–water partition coefficient (Wildman–Crippen LogP) is 2.20. The summed E-state index contributed by atoms with van der Waals surface area (Å²) in [6.07, 6.45) is -0.408. The molecule has 1 fully saturated rings. The van der Waals surface area contributed by atoms with E-state index in [4.69, 9.17) is 14.2 Å². The number of carboxylic acids is 1. The Labute approximate surface area is 176 Å². The van der Waals surface area contributed by atoms with E-state index in [9.17, 15) is 9.90 Å². The van der Waals surface area contributed by atoms with Gasteiger partial charge in [0.05, 0.1) is 26.3 Å². The Morgan fingerprint density at radius 2 is 1.43 bits per heavy atom. The standard InChI is InChI=1S/C22H29N3O5/c1-28-17-8-4-15(5-9-17)13-25(14-16-6-10-18(29-2)11-7-16)21-19(22(26)27)12-20(30-3)23-24-21/h4-11,19-21,23-24H,12-14H2,1-3H3,(H,26,27). The van der Waals surface area contributed by atoms with Crippen LogP contribution in [-0.4, -0.2) is 49.7 Å². The van der Waals surface area contributed by atoms with Crippen LogP contribution in [-0.2, 0) is 22.6 Å². The maximum Gasteiger partial charge on any atom is 0.309 e. The van der Waals surface area contributed by atoms with Crippen molar-refractivity contribution in [3.63, 3.8) is 0 Å². The third-order valence-corrected chi connectivity index (χ3v) is 5.33. The topological polar surface area (TPSA) is 92.3 Å². The molecule has 0 aromatic heterocycles. The molecule has 1 heterocycles. The monoisotopic (exact) mass is 415 g/mol. The number of carboxylic acid groups (broad SMARTS) is 1. The molecule has 0 spiro atoms. The number of nitrogens with one attached hydrogen (secondary N) is 2. The average Bonchev–Trinajstić information content (AvgIpc) is 2.79. The fourth-order valence-corrected chi connectivity index (χ4v) is 3.62. The van der Waals surface area contributed by atoms with Gasteiger partial charge >= 0.3 is 5.97 Å². The van der Waals surface area contributed by atoms with Crippen LogP contribution in [0.1, 0.15) is 17.5 Å². The zero-order valence-corrected chi connectivity index (χ0v) is 17.5. The van der Waals surface area contributed by atoms with Gasteiger partial charge in [-0.25, -0.2) is 10.9 Å². The molecule has 8 heteroatoms. The molecule has 1 aliphatic rings. The summed E-state index contributed by atoms with van der Waals surface area (Å²) in [6, 6.07) is 15.6. The van der Waals surface area contributed by atoms with Gasteiger partial charge in [-0.2, -0.15) is 0 Å². The average molecular weight is 415 g/mol. The number of nitrogens with zero attached hydrogens (tertiary/aromatic N) is 1. The minimum absolute atomic E-state index is 0.355. The van der Waals surface area contributed by atoms with Gasteiger partial charge in [-0.15, -0.1) is 0 Å². The van der Waals surface area contributed by atoms with Crippen LogP contribution < -0.4 is 20.3 Å². The lowest BCUT2D eigenvalue weighted by Crippen LogP contribution is -2.64. The third kappa shape index (κ3) is 5.48. The van der Waals surface area contributed by atoms with Crippen LogP contribution in [0, 0.1) is 5.92 Å². The number of hydrogen-bond donors (Lipinski definition) is 3. The SMILES string of the molecule is COc1ccc(CN(Cc2ccc(OC)cc2)C2NNC(OC)CC2C(=O)O)cc1. The lowest BCUT2D eigenvalue weighted by atomic mass is 9.97. The van der Waals surface area contributed by atoms with Crippen molar-refractivity contribution in [2.75, 3.05) is 21.3 Å². The highest BCUT2D eigenvalue weighted by Crippen LogP contribution is 2.25. The number of aliphatic carboxylic acids is 1. The molecule has 2 aromatic rings. The first-order valence-electron chi connectivity index (χ1n) is 9.80. The highest BCUT2D eigenvalue weighted by molar-refractivity contribution is 5.71. The van der Waals surface area contributed by atoms with Gasteiger partial charge in [0.2, 0.25) is 0 Å². The summed E-state index contributed by atoms with van der Waals surface area (Å²) in [4.78, 5) is 14.1. The minimum atomic E-state index is -0.856. The zero-order valence-electron chi connectivity index (χ0n) is 17.5. The number of benzene rings is 2. The van der Waals surface area contributed by atoms with Crippen LogP contribution in [0.2, 0.25) is 0 Å². The fraction of sp³-hybridized carbons (Fsp3) is 0.409. The Kier molecular flexibility index (Phi) is 7.64. The van der Waals surface area contributed by atoms with Crippen LogP contribution in [0.4, 0.5) is 0 Å². The third-order valence-electron chi connectivity index (χ3n) is 5.33. The number of methoxy groups -OCH3 is 3. The Morgan fingerprint density at radius 1 is 0.933 bits per heavy atom. The molecule has 3 rings (SSSR count). The van der Waals surface area contributed by atoms with Crippen molar-refractivity contribution in [3.8, 4) is 11.5 Å². The van der Waals surface area contributed by atoms with E-state index in [1.807, 2.05) is 48.5 Å². The van der Waals surface area contributed by atoms with Crippen LogP contribution >= 0.6 is 0 Å². The first-order chi connectivity index (χ1) is 14.5. The van der Waals surface area contributed by atoms with E-state index in [1.54, 1.807) is 21.3 Å². The molecule has 0 radical (unpaired) electrons. The van der Waals surface area contributed by atoms with E-state index >= 15 is 0 Å². The lowest BCUT2D eigenvalue weighted by Gasteiger charge is -2.41. The summed E-state index contributed by atoms with van der Waals surface area (Å²) in [6.45, 7) is 1.13. The van der Waals surface area contributed by atoms with Gasteiger partial charge in [0, 0.05) is 26.6 Å². The van der Waals surface area contributed by atoms with E-state index in [0.717, 1.165) is 22.6 Å². The van der Waals surface area contributed by atoms with Gasteiger partial charge in [-0.1, -0.05) is 24.3 Å². The molecular formula is C22H29N3O5. The largest absolute Gasteiger partial charge is 0.497 e. The molecular weight excluding hydrogens is 386 g/mol. The van der Waals surface area contributed by atoms with Crippen molar-refractivity contribution in [1.82, 2.24) is 15.8 Å². The lowest BCUT2D eigenvalue weighted by molar-refractivity contribution is -0.151. The highest BCUT2D eigenvalue weighted by Gasteiger charge is 2.38. The van der Waals surface area contributed by atoms with Gasteiger partial charge in [-0.05, 0) is 35.4 Å². The molecule has 1 aliphatic heterocycles. The van der Waals surface area contributed by atoms with Crippen molar-refractivity contribution in [2.45, 2.75) is 31.9 Å². The Balaban J connectivity index is 1.85. The smallest absolute Gasteiger partial charge is 0.309 e. The number of hydrazine groups is 1. The summed E-state index contributed by atoms with van der Waals surface area (Å²) in [5.74, 6) is 0.0757. The molecule has 3 N–H and O–H groups in total. The minimum Gasteiger partial charge on any atom is -0.497 e. The van der Waals surface area contributed by atoms with Gasteiger partial charge in [-0.3, -0.25) is 9.69 Å². The van der Waals surface area contributed by atoms with Crippen LogP contribution in [0.15, 0.2) is 48.5 Å². The fourth-order valence-electron chi connectivity index (χ4n) is 3.62. The van der Waals surface area contributed by atoms with Crippen molar-refractivity contribution in [2.24, 2.45) is 5.92 Å². The molecule has 0 saturated carbocycles. The second kappa shape index (κ2) is 10.4. The van der Waals surface area contributed by atoms with Crippen molar-refractivity contribution in [3.05, 3.63) is 59.7 Å². The van der Waals surface area contributed by atoms with Crippen molar-refractivity contribution < 1.29 is 24.1 Å². The summed E-state index contributed by atoms with van der Waals surface area (Å²) < 4.78 is 15.8. The first-order valence-corrected chi connectivity index (χ1v) is 9.80. The highest BCUT2D eigenvalue weighted by atomic mass is 16.5. The van der Waals surface area contributed by atoms with E-state index in [2.05, 4.69) is 15.8 Å². The second-order valence-electron chi connectivity index (χ2n) is 7.24. The molecule has 162 valence electrons. The van der Waals surface area contributed by atoms with E-state index in [1.165, 1.54) is 0 Å². The molecule has 0 aliphatic carbocycles. The molecule has 0 amide bonds. The molecule has 30 heavy (non-hydrogen) atoms. The Bertz CT molecular complexity index is 763. The van der Waals surface area contributed by atoms with Crippen molar-refractivity contribution >= 4 is 5.97 Å². The molecule has 3 atom stereocenters. The van der Waals surface area contributed by atoms with Gasteiger partial charge in [0.1, 0.15) is 17.7 Å². The maximum absolute atomic E-state index is 12.0. The molecule has 0 bridgehead atoms. The van der Waals surface area contributed by atoms with Gasteiger partial charge in [0.25, 0.3) is 0 Å². The Morgan fingerprint density at radius 3 is 1.83 bits per heavy atom. The number of hydrogen-bond acceptors (Lipinski definition) is 7. The number of carbonyl (C=O) groups is 1. The zero-order chi connectivity index (χ0) is 21.5. The predicted molar refractivity (Wildman–Crippen MR) is 112 cm³/mol. The summed E-state index contributed by atoms with van der Waals surface area (Å²) in [5, 5.41) is 9.86. The number of ether oxygens (including phenoxy) is 3. The second-order valence-corrected chi connectivity index (χ2v) is 7.24. The van der Waals surface area contributed by atoms with Gasteiger partial charge < -0.3 is 19.3 Å². The summed E-state index contributed by atoms with van der Waals surface area (Å²) >= 11 is 0. The van der Waals surface area contributed by atoms with Crippen molar-refractivity contribution in [1.29, 1.82) is 0 Å². The normalized spacial score (nSPS) is 21.4. The van der Waals surface area contributed by atoms with E-state index in [-0.39, 0.29) is 6.23 Å². The van der Waals surface area contributed by atoms with Crippen LogP contribution in [0.5, 0.6) is 11.5 Å². The molecule has 2 aromatic carbocycles. The van der Waals surface area contributed by atoms with E-state index in [0.29, 0.717) is 19.5 Å². The quantitative estimate of drug-likeness (QED) is 0.574. The molecule has 3 unspecified atom stereocenters. The molecule has 8 nitrogen and oxygen atoms in total. The summed E-state index contributed by atoms with van der Waals surface area (Å²) in [7, 11) is 4.82. The van der Waals surface area contributed by atoms with E-state index < -0.39 is 18.1 Å². The summed E-state index contributed by atoms with van der Waals surface area (Å²) in [5.41, 5.74) is 8.35. The van der Waals surface area contributed by atoms with Gasteiger partial charge in [0.15, 0.2) is 0 Å². The van der Waals surface area contributed by atoms with Crippen LogP contribution in [0.3, 0.4) is 0 Å².